The number of fused-ring (bicyclic) bond motifs is 1. The maximum Gasteiger partial charge on any atom is 0.255 e. The lowest BCUT2D eigenvalue weighted by molar-refractivity contribution is -0.0172. The van der Waals surface area contributed by atoms with E-state index in [-0.39, 0.29) is 18.5 Å². The molecule has 2 aromatic rings. The highest BCUT2D eigenvalue weighted by Crippen LogP contribution is 2.29. The summed E-state index contributed by atoms with van der Waals surface area (Å²) in [6.07, 6.45) is 0.432. The SMILES string of the molecule is COc1cc(Cl)ccc1C(=O)NCCc1cc(F)cc2c1OCOC2. The fourth-order valence-corrected chi connectivity index (χ4v) is 2.86. The van der Waals surface area contributed by atoms with Crippen LogP contribution in [0.5, 0.6) is 11.5 Å². The summed E-state index contributed by atoms with van der Waals surface area (Å²) in [5.41, 5.74) is 1.76. The van der Waals surface area contributed by atoms with Crippen molar-refractivity contribution in [3.8, 4) is 11.5 Å². The van der Waals surface area contributed by atoms with E-state index in [0.29, 0.717) is 52.8 Å². The number of ether oxygens (including phenoxy) is 3. The molecule has 0 unspecified atom stereocenters. The minimum atomic E-state index is -0.353. The minimum Gasteiger partial charge on any atom is -0.496 e. The predicted molar refractivity (Wildman–Crippen MR) is 90.7 cm³/mol. The number of amides is 1. The summed E-state index contributed by atoms with van der Waals surface area (Å²) in [5, 5.41) is 3.28. The summed E-state index contributed by atoms with van der Waals surface area (Å²) >= 11 is 5.90. The van der Waals surface area contributed by atoms with Crippen LogP contribution in [0.3, 0.4) is 0 Å². The summed E-state index contributed by atoms with van der Waals surface area (Å²) in [4.78, 5) is 12.3. The van der Waals surface area contributed by atoms with Crippen molar-refractivity contribution >= 4 is 17.5 Å². The monoisotopic (exact) mass is 365 g/mol. The van der Waals surface area contributed by atoms with Crippen molar-refractivity contribution in [3.05, 3.63) is 57.9 Å². The molecule has 25 heavy (non-hydrogen) atoms. The second-order valence-corrected chi connectivity index (χ2v) is 5.95. The van der Waals surface area contributed by atoms with E-state index < -0.39 is 0 Å². The number of hydrogen-bond donors (Lipinski definition) is 1. The number of hydrogen-bond acceptors (Lipinski definition) is 4. The predicted octanol–water partition coefficient (Wildman–Crippen LogP) is 3.33. The van der Waals surface area contributed by atoms with Crippen LogP contribution >= 0.6 is 11.6 Å². The highest BCUT2D eigenvalue weighted by atomic mass is 35.5. The second-order valence-electron chi connectivity index (χ2n) is 5.51. The van der Waals surface area contributed by atoms with Crippen molar-refractivity contribution in [2.45, 2.75) is 13.0 Å². The van der Waals surface area contributed by atoms with Gasteiger partial charge in [0.2, 0.25) is 0 Å². The molecule has 0 atom stereocenters. The molecule has 0 aliphatic carbocycles. The van der Waals surface area contributed by atoms with Gasteiger partial charge < -0.3 is 19.5 Å². The fraction of sp³-hybridized carbons (Fsp3) is 0.278. The van der Waals surface area contributed by atoms with Crippen LogP contribution in [-0.2, 0) is 17.8 Å². The van der Waals surface area contributed by atoms with Crippen molar-refractivity contribution in [2.24, 2.45) is 0 Å². The molecule has 0 radical (unpaired) electrons. The zero-order valence-corrected chi connectivity index (χ0v) is 14.4. The van der Waals surface area contributed by atoms with Gasteiger partial charge in [0, 0.05) is 17.1 Å². The average Bonchev–Trinajstić information content (AvgIpc) is 2.61. The van der Waals surface area contributed by atoms with Crippen LogP contribution in [0.25, 0.3) is 0 Å². The van der Waals surface area contributed by atoms with Crippen LogP contribution in [0.1, 0.15) is 21.5 Å². The summed E-state index contributed by atoms with van der Waals surface area (Å²) in [5.74, 6) is 0.385. The second kappa shape index (κ2) is 7.72. The van der Waals surface area contributed by atoms with E-state index in [9.17, 15) is 9.18 Å². The molecule has 5 nitrogen and oxygen atoms in total. The molecule has 0 aromatic heterocycles. The van der Waals surface area contributed by atoms with Gasteiger partial charge in [-0.3, -0.25) is 4.79 Å². The Morgan fingerprint density at radius 3 is 3.00 bits per heavy atom. The summed E-state index contributed by atoms with van der Waals surface area (Å²) in [7, 11) is 1.47. The van der Waals surface area contributed by atoms with Crippen LogP contribution in [0.2, 0.25) is 5.02 Å². The lowest BCUT2D eigenvalue weighted by Gasteiger charge is -2.21. The third kappa shape index (κ3) is 4.03. The highest BCUT2D eigenvalue weighted by Gasteiger charge is 2.17. The Bertz CT molecular complexity index is 797. The molecule has 0 saturated carbocycles. The van der Waals surface area contributed by atoms with E-state index >= 15 is 0 Å². The number of rotatable bonds is 5. The van der Waals surface area contributed by atoms with Crippen LogP contribution < -0.4 is 14.8 Å². The third-order valence-electron chi connectivity index (χ3n) is 3.84. The Labute approximate surface area is 149 Å². The quantitative estimate of drug-likeness (QED) is 0.883. The largest absolute Gasteiger partial charge is 0.496 e. The van der Waals surface area contributed by atoms with E-state index in [4.69, 9.17) is 25.8 Å². The van der Waals surface area contributed by atoms with Crippen LogP contribution in [0, 0.1) is 5.82 Å². The molecule has 3 rings (SSSR count). The number of halogens is 2. The molecule has 1 heterocycles. The highest BCUT2D eigenvalue weighted by molar-refractivity contribution is 6.30. The first-order valence-corrected chi connectivity index (χ1v) is 8.10. The Balaban J connectivity index is 1.67. The zero-order chi connectivity index (χ0) is 17.8. The van der Waals surface area contributed by atoms with Gasteiger partial charge in [0.05, 0.1) is 19.3 Å². The molecular weight excluding hydrogens is 349 g/mol. The Morgan fingerprint density at radius 2 is 2.20 bits per heavy atom. The maximum atomic E-state index is 13.7. The Kier molecular flexibility index (Phi) is 5.40. The summed E-state index contributed by atoms with van der Waals surface area (Å²) in [6, 6.07) is 7.61. The van der Waals surface area contributed by atoms with Gasteiger partial charge in [-0.05, 0) is 42.3 Å². The van der Waals surface area contributed by atoms with Gasteiger partial charge >= 0.3 is 0 Å². The molecule has 1 N–H and O–H groups in total. The molecular formula is C18H17ClFNO4. The van der Waals surface area contributed by atoms with Gasteiger partial charge in [-0.15, -0.1) is 0 Å². The van der Waals surface area contributed by atoms with E-state index in [1.807, 2.05) is 0 Å². The van der Waals surface area contributed by atoms with E-state index in [2.05, 4.69) is 5.32 Å². The lowest BCUT2D eigenvalue weighted by Crippen LogP contribution is -2.26. The normalized spacial score (nSPS) is 12.9. The average molecular weight is 366 g/mol. The smallest absolute Gasteiger partial charge is 0.255 e. The van der Waals surface area contributed by atoms with Gasteiger partial charge in [0.25, 0.3) is 5.91 Å². The standard InChI is InChI=1S/C18H17ClFNO4/c1-23-16-8-13(19)2-3-15(16)18(22)21-5-4-11-6-14(20)7-12-9-24-10-25-17(11)12/h2-3,6-8H,4-5,9-10H2,1H3,(H,21,22). The number of carbonyl (C=O) groups excluding carboxylic acids is 1. The fourth-order valence-electron chi connectivity index (χ4n) is 2.70. The van der Waals surface area contributed by atoms with Crippen LogP contribution in [0.4, 0.5) is 4.39 Å². The first kappa shape index (κ1) is 17.5. The van der Waals surface area contributed by atoms with Gasteiger partial charge in [0.15, 0.2) is 6.79 Å². The zero-order valence-electron chi connectivity index (χ0n) is 13.6. The van der Waals surface area contributed by atoms with Crippen molar-refractivity contribution in [2.75, 3.05) is 20.4 Å². The molecule has 1 aliphatic heterocycles. The molecule has 1 aliphatic rings. The number of carbonyl (C=O) groups is 1. The number of nitrogens with one attached hydrogen (secondary N) is 1. The van der Waals surface area contributed by atoms with E-state index in [0.717, 1.165) is 0 Å². The van der Waals surface area contributed by atoms with E-state index in [1.165, 1.54) is 19.2 Å². The minimum absolute atomic E-state index is 0.139. The molecule has 7 heteroatoms. The summed E-state index contributed by atoms with van der Waals surface area (Å²) < 4.78 is 29.5. The first-order chi connectivity index (χ1) is 12.1. The van der Waals surface area contributed by atoms with Crippen LogP contribution in [0.15, 0.2) is 30.3 Å². The molecule has 0 spiro atoms. The Morgan fingerprint density at radius 1 is 1.36 bits per heavy atom. The van der Waals surface area contributed by atoms with Gasteiger partial charge in [-0.2, -0.15) is 0 Å². The summed E-state index contributed by atoms with van der Waals surface area (Å²) in [6.45, 7) is 0.777. The number of methoxy groups -OCH3 is 1. The topological polar surface area (TPSA) is 56.8 Å². The molecule has 0 saturated heterocycles. The molecule has 0 bridgehead atoms. The van der Waals surface area contributed by atoms with E-state index in [1.54, 1.807) is 18.2 Å². The Hall–Kier alpha value is -2.31. The van der Waals surface area contributed by atoms with Crippen molar-refractivity contribution in [3.63, 3.8) is 0 Å². The van der Waals surface area contributed by atoms with Gasteiger partial charge in [0.1, 0.15) is 17.3 Å². The van der Waals surface area contributed by atoms with Gasteiger partial charge in [-0.1, -0.05) is 11.6 Å². The van der Waals surface area contributed by atoms with Crippen LogP contribution in [-0.4, -0.2) is 26.4 Å². The van der Waals surface area contributed by atoms with Crippen molar-refractivity contribution in [1.29, 1.82) is 0 Å². The molecule has 2 aromatic carbocycles. The van der Waals surface area contributed by atoms with Crippen molar-refractivity contribution in [1.82, 2.24) is 5.32 Å². The first-order valence-electron chi connectivity index (χ1n) is 7.72. The molecule has 132 valence electrons. The van der Waals surface area contributed by atoms with Crippen molar-refractivity contribution < 1.29 is 23.4 Å². The molecule has 0 fully saturated rings. The maximum absolute atomic E-state index is 13.7. The third-order valence-corrected chi connectivity index (χ3v) is 4.07. The van der Waals surface area contributed by atoms with Gasteiger partial charge in [-0.25, -0.2) is 4.39 Å². The lowest BCUT2D eigenvalue weighted by atomic mass is 10.1. The number of benzene rings is 2. The molecule has 1 amide bonds.